The third-order valence-corrected chi connectivity index (χ3v) is 7.25. The van der Waals surface area contributed by atoms with Crippen LogP contribution < -0.4 is 0 Å². The highest BCUT2D eigenvalue weighted by Crippen LogP contribution is 2.23. The number of aliphatic imine (C=N–C) groups is 1. The molecule has 0 saturated heterocycles. The Morgan fingerprint density at radius 1 is 0.774 bits per heavy atom. The second-order valence-corrected chi connectivity index (χ2v) is 9.75. The van der Waals surface area contributed by atoms with Gasteiger partial charge in [-0.3, -0.25) is 4.48 Å². The minimum atomic E-state index is -0.321. The van der Waals surface area contributed by atoms with Crippen molar-refractivity contribution in [2.24, 2.45) is 4.99 Å². The van der Waals surface area contributed by atoms with Crippen LogP contribution in [-0.4, -0.2) is 41.3 Å². The lowest BCUT2D eigenvalue weighted by Gasteiger charge is -2.36. The minimum absolute atomic E-state index is 0.321. The Bertz CT molecular complexity index is 472. The molecule has 1 aliphatic rings. The number of nitrogens with zero attached hydrogens (tertiary/aromatic N) is 2. The number of aliphatic hydroxyl groups is 1. The van der Waals surface area contributed by atoms with Crippen LogP contribution in [0.5, 0.6) is 0 Å². The SMILES string of the molecule is CCCCCCCCCCCC/C=C/CCCCCCCC1=NCC[N+]1(CC)C(C)O. The number of hydrogen-bond acceptors (Lipinski definition) is 2. The van der Waals surface area contributed by atoms with Crippen molar-refractivity contribution in [3.8, 4) is 0 Å². The third kappa shape index (κ3) is 12.2. The molecule has 2 atom stereocenters. The van der Waals surface area contributed by atoms with Crippen LogP contribution in [0, 0.1) is 0 Å². The van der Waals surface area contributed by atoms with Crippen molar-refractivity contribution in [3.63, 3.8) is 0 Å². The summed E-state index contributed by atoms with van der Waals surface area (Å²) in [5.74, 6) is 1.24. The van der Waals surface area contributed by atoms with E-state index in [-0.39, 0.29) is 6.23 Å². The smallest absolute Gasteiger partial charge is 0.200 e. The van der Waals surface area contributed by atoms with Gasteiger partial charge in [-0.1, -0.05) is 96.1 Å². The number of quaternary nitrogens is 1. The van der Waals surface area contributed by atoms with Gasteiger partial charge >= 0.3 is 0 Å². The first-order valence-corrected chi connectivity index (χ1v) is 13.9. The summed E-state index contributed by atoms with van der Waals surface area (Å²) >= 11 is 0. The normalized spacial score (nSPS) is 19.9. The fourth-order valence-electron chi connectivity index (χ4n) is 5.00. The Labute approximate surface area is 195 Å². The largest absolute Gasteiger partial charge is 0.345 e. The summed E-state index contributed by atoms with van der Waals surface area (Å²) in [4.78, 5) is 4.72. The number of allylic oxidation sites excluding steroid dienone is 2. The number of rotatable bonds is 21. The molecule has 0 fully saturated rings. The van der Waals surface area contributed by atoms with Crippen molar-refractivity contribution in [1.82, 2.24) is 0 Å². The lowest BCUT2D eigenvalue weighted by molar-refractivity contribution is -0.882. The van der Waals surface area contributed by atoms with Gasteiger partial charge in [0.05, 0.1) is 13.1 Å². The standard InChI is InChI=1S/C28H55N2O/c1-4-6-7-8-9-10-11-12-13-14-15-16-17-18-19-20-21-22-23-24-28-29-25-26-30(28,5-2)27(3)31/h16-17,27,31H,4-15,18-26H2,1-3H3/q+1/b17-16+. The highest BCUT2D eigenvalue weighted by molar-refractivity contribution is 5.76. The van der Waals surface area contributed by atoms with E-state index < -0.39 is 0 Å². The van der Waals surface area contributed by atoms with Gasteiger partial charge in [0.15, 0.2) is 6.23 Å². The van der Waals surface area contributed by atoms with Crippen LogP contribution in [0.1, 0.15) is 136 Å². The van der Waals surface area contributed by atoms with Gasteiger partial charge < -0.3 is 5.11 Å². The molecule has 3 nitrogen and oxygen atoms in total. The average molecular weight is 436 g/mol. The molecule has 0 aliphatic carbocycles. The number of hydrogen-bond donors (Lipinski definition) is 1. The summed E-state index contributed by atoms with van der Waals surface area (Å²) in [6, 6.07) is 0. The molecular weight excluding hydrogens is 380 g/mol. The van der Waals surface area contributed by atoms with Crippen molar-refractivity contribution in [1.29, 1.82) is 0 Å². The summed E-state index contributed by atoms with van der Waals surface area (Å²) < 4.78 is 0.712. The molecule has 0 bridgehead atoms. The van der Waals surface area contributed by atoms with Gasteiger partial charge in [-0.05, 0) is 39.0 Å². The molecule has 2 unspecified atom stereocenters. The number of unbranched alkanes of at least 4 members (excludes halogenated alkanes) is 15. The molecule has 0 aromatic rings. The zero-order valence-electron chi connectivity index (χ0n) is 21.4. The molecule has 1 rings (SSSR count). The molecule has 3 heteroatoms. The Kier molecular flexibility index (Phi) is 17.3. The molecule has 1 N–H and O–H groups in total. The van der Waals surface area contributed by atoms with Gasteiger partial charge in [-0.15, -0.1) is 0 Å². The molecule has 0 aromatic carbocycles. The van der Waals surface area contributed by atoms with Crippen LogP contribution in [0.25, 0.3) is 0 Å². The summed E-state index contributed by atoms with van der Waals surface area (Å²) in [6.45, 7) is 9.22. The van der Waals surface area contributed by atoms with Crippen LogP contribution in [0.15, 0.2) is 17.1 Å². The molecule has 0 aromatic heterocycles. The van der Waals surface area contributed by atoms with Gasteiger partial charge in [0.2, 0.25) is 5.84 Å². The number of amidine groups is 1. The monoisotopic (exact) mass is 435 g/mol. The fraction of sp³-hybridized carbons (Fsp3) is 0.893. The van der Waals surface area contributed by atoms with E-state index in [9.17, 15) is 5.11 Å². The molecule has 0 saturated carbocycles. The Morgan fingerprint density at radius 3 is 1.74 bits per heavy atom. The molecular formula is C28H55N2O+. The van der Waals surface area contributed by atoms with E-state index in [2.05, 4.69) is 26.0 Å². The molecule has 1 heterocycles. The Hall–Kier alpha value is -0.670. The van der Waals surface area contributed by atoms with Crippen molar-refractivity contribution < 1.29 is 9.59 Å². The van der Waals surface area contributed by atoms with E-state index in [1.54, 1.807) is 0 Å². The van der Waals surface area contributed by atoms with Crippen LogP contribution in [0.2, 0.25) is 0 Å². The average Bonchev–Trinajstić information content (AvgIpc) is 3.19. The molecule has 31 heavy (non-hydrogen) atoms. The molecule has 0 spiro atoms. The highest BCUT2D eigenvalue weighted by Gasteiger charge is 2.40. The van der Waals surface area contributed by atoms with Gasteiger partial charge in [0.25, 0.3) is 0 Å². The number of likely N-dealkylation sites (N-methyl/N-ethyl adjacent to an activating group) is 1. The molecule has 0 radical (unpaired) electrons. The van der Waals surface area contributed by atoms with E-state index in [1.165, 1.54) is 115 Å². The first-order valence-electron chi connectivity index (χ1n) is 13.9. The highest BCUT2D eigenvalue weighted by atomic mass is 16.3. The van der Waals surface area contributed by atoms with E-state index in [0.29, 0.717) is 4.48 Å². The van der Waals surface area contributed by atoms with Crippen molar-refractivity contribution in [3.05, 3.63) is 12.2 Å². The first kappa shape index (κ1) is 28.4. The maximum absolute atomic E-state index is 10.2. The second kappa shape index (κ2) is 18.9. The Morgan fingerprint density at radius 2 is 1.26 bits per heavy atom. The van der Waals surface area contributed by atoms with Gasteiger partial charge in [-0.2, -0.15) is 0 Å². The lowest BCUT2D eigenvalue weighted by Crippen LogP contribution is -2.56. The molecule has 0 amide bonds. The summed E-state index contributed by atoms with van der Waals surface area (Å²) in [5.41, 5.74) is 0. The molecule has 1 aliphatic heterocycles. The third-order valence-electron chi connectivity index (χ3n) is 7.25. The van der Waals surface area contributed by atoms with Gasteiger partial charge in [-0.25, -0.2) is 4.99 Å². The van der Waals surface area contributed by atoms with Crippen LogP contribution in [-0.2, 0) is 0 Å². The maximum Gasteiger partial charge on any atom is 0.200 e. The van der Waals surface area contributed by atoms with E-state index in [4.69, 9.17) is 4.99 Å². The topological polar surface area (TPSA) is 32.6 Å². The van der Waals surface area contributed by atoms with Crippen molar-refractivity contribution in [2.75, 3.05) is 19.6 Å². The van der Waals surface area contributed by atoms with Crippen LogP contribution in [0.3, 0.4) is 0 Å². The summed E-state index contributed by atoms with van der Waals surface area (Å²) in [7, 11) is 0. The van der Waals surface area contributed by atoms with E-state index in [1.807, 2.05) is 6.92 Å². The lowest BCUT2D eigenvalue weighted by atomic mass is 10.1. The first-order chi connectivity index (χ1) is 15.2. The predicted molar refractivity (Wildman–Crippen MR) is 138 cm³/mol. The zero-order valence-corrected chi connectivity index (χ0v) is 21.4. The van der Waals surface area contributed by atoms with Gasteiger partial charge in [0, 0.05) is 13.3 Å². The maximum atomic E-state index is 10.2. The summed E-state index contributed by atoms with van der Waals surface area (Å²) in [6.07, 6.45) is 28.9. The number of aliphatic hydroxyl groups excluding tert-OH is 1. The zero-order chi connectivity index (χ0) is 22.6. The fourth-order valence-corrected chi connectivity index (χ4v) is 5.00. The van der Waals surface area contributed by atoms with Crippen LogP contribution >= 0.6 is 0 Å². The quantitative estimate of drug-likeness (QED) is 0.110. The van der Waals surface area contributed by atoms with Crippen LogP contribution in [0.4, 0.5) is 0 Å². The van der Waals surface area contributed by atoms with E-state index >= 15 is 0 Å². The van der Waals surface area contributed by atoms with Crippen molar-refractivity contribution in [2.45, 2.75) is 143 Å². The van der Waals surface area contributed by atoms with Gasteiger partial charge in [0.1, 0.15) is 6.54 Å². The van der Waals surface area contributed by atoms with Crippen molar-refractivity contribution >= 4 is 5.84 Å². The predicted octanol–water partition coefficient (Wildman–Crippen LogP) is 8.17. The Balaban J connectivity index is 1.87. The minimum Gasteiger partial charge on any atom is -0.345 e. The second-order valence-electron chi connectivity index (χ2n) is 9.75. The molecule has 182 valence electrons. The van der Waals surface area contributed by atoms with E-state index in [0.717, 1.165) is 26.1 Å². The summed E-state index contributed by atoms with van der Waals surface area (Å²) in [5, 5.41) is 10.2.